The molecule has 30 heavy (non-hydrogen) atoms. The van der Waals surface area contributed by atoms with Crippen LogP contribution in [-0.2, 0) is 23.1 Å². The Labute approximate surface area is 179 Å². The van der Waals surface area contributed by atoms with Gasteiger partial charge in [0.05, 0.1) is 26.7 Å². The van der Waals surface area contributed by atoms with Crippen LogP contribution in [0, 0.1) is 0 Å². The van der Waals surface area contributed by atoms with Crippen LogP contribution in [-0.4, -0.2) is 40.2 Å². The molecule has 3 rings (SSSR count). The van der Waals surface area contributed by atoms with E-state index in [2.05, 4.69) is 24.4 Å². The van der Waals surface area contributed by atoms with Gasteiger partial charge in [-0.3, -0.25) is 0 Å². The van der Waals surface area contributed by atoms with Crippen LogP contribution in [0.15, 0.2) is 36.4 Å². The summed E-state index contributed by atoms with van der Waals surface area (Å²) in [6.07, 6.45) is 5.81. The second-order valence-electron chi connectivity index (χ2n) is 8.12. The molecule has 2 unspecified atom stereocenters. The van der Waals surface area contributed by atoms with Gasteiger partial charge in [0.25, 0.3) is 0 Å². The lowest BCUT2D eigenvalue weighted by atomic mass is 9.70. The first-order valence-electron chi connectivity index (χ1n) is 10.6. The summed E-state index contributed by atoms with van der Waals surface area (Å²) in [4.78, 5) is 12.3. The number of carbonyl (C=O) groups excluding carboxylic acids is 1. The molecule has 2 aromatic carbocycles. The Hall–Kier alpha value is -2.53. The minimum Gasteiger partial charge on any atom is -0.497 e. The van der Waals surface area contributed by atoms with Crippen LogP contribution in [0.4, 0.5) is 0 Å². The molecule has 2 aromatic rings. The van der Waals surface area contributed by atoms with Gasteiger partial charge in [0.15, 0.2) is 11.5 Å². The van der Waals surface area contributed by atoms with Gasteiger partial charge in [-0.1, -0.05) is 18.2 Å². The van der Waals surface area contributed by atoms with Gasteiger partial charge in [0.1, 0.15) is 12.0 Å². The third kappa shape index (κ3) is 4.62. The van der Waals surface area contributed by atoms with Crippen molar-refractivity contribution in [3.8, 4) is 17.2 Å². The molecule has 0 radical (unpaired) electrons. The first-order valence-corrected chi connectivity index (χ1v) is 10.6. The van der Waals surface area contributed by atoms with Crippen molar-refractivity contribution in [2.75, 3.05) is 27.9 Å². The van der Waals surface area contributed by atoms with Gasteiger partial charge >= 0.3 is 0 Å². The highest BCUT2D eigenvalue weighted by Crippen LogP contribution is 2.43. The Balaban J connectivity index is 1.68. The Morgan fingerprint density at radius 3 is 2.47 bits per heavy atom. The van der Waals surface area contributed by atoms with Gasteiger partial charge < -0.3 is 24.3 Å². The second kappa shape index (κ2) is 9.98. The zero-order valence-electron chi connectivity index (χ0n) is 18.5. The molecule has 1 aliphatic rings. The topological polar surface area (TPSA) is 56.8 Å². The smallest absolute Gasteiger partial charge is 0.164 e. The lowest BCUT2D eigenvalue weighted by Crippen LogP contribution is -2.45. The highest BCUT2D eigenvalue weighted by Gasteiger charge is 2.38. The van der Waals surface area contributed by atoms with Gasteiger partial charge in [-0.25, -0.2) is 0 Å². The van der Waals surface area contributed by atoms with E-state index in [0.717, 1.165) is 66.8 Å². The Bertz CT molecular complexity index is 849. The molecule has 0 aromatic heterocycles. The quantitative estimate of drug-likeness (QED) is 0.597. The fourth-order valence-electron chi connectivity index (χ4n) is 4.40. The number of nitrogens with one attached hydrogen (secondary N) is 1. The maximum Gasteiger partial charge on any atom is 0.164 e. The molecule has 0 fully saturated rings. The summed E-state index contributed by atoms with van der Waals surface area (Å²) in [5.74, 6) is 2.35. The molecule has 5 heteroatoms. The van der Waals surface area contributed by atoms with Crippen LogP contribution in [0.25, 0.3) is 0 Å². The summed E-state index contributed by atoms with van der Waals surface area (Å²) in [6.45, 7) is 2.81. The molecule has 162 valence electrons. The number of benzene rings is 2. The molecule has 1 N–H and O–H groups in total. The molecule has 0 aliphatic heterocycles. The highest BCUT2D eigenvalue weighted by atomic mass is 16.5. The zero-order valence-corrected chi connectivity index (χ0v) is 18.5. The summed E-state index contributed by atoms with van der Waals surface area (Å²) in [5, 5.41) is 3.62. The van der Waals surface area contributed by atoms with E-state index in [-0.39, 0.29) is 0 Å². The molecule has 0 spiro atoms. The predicted molar refractivity (Wildman–Crippen MR) is 119 cm³/mol. The zero-order chi connectivity index (χ0) is 21.6. The minimum atomic E-state index is -0.526. The van der Waals surface area contributed by atoms with Crippen molar-refractivity contribution < 1.29 is 19.0 Å². The van der Waals surface area contributed by atoms with E-state index in [1.165, 1.54) is 5.56 Å². The van der Waals surface area contributed by atoms with Crippen molar-refractivity contribution in [1.29, 1.82) is 0 Å². The van der Waals surface area contributed by atoms with E-state index in [1.54, 1.807) is 21.3 Å². The van der Waals surface area contributed by atoms with E-state index < -0.39 is 5.41 Å². The Morgan fingerprint density at radius 1 is 1.07 bits per heavy atom. The molecule has 0 heterocycles. The molecule has 0 saturated carbocycles. The lowest BCUT2D eigenvalue weighted by Gasteiger charge is -2.36. The molecule has 0 amide bonds. The fraction of sp³-hybridized carbons (Fsp3) is 0.480. The van der Waals surface area contributed by atoms with Gasteiger partial charge in [-0.05, 0) is 68.4 Å². The third-order valence-corrected chi connectivity index (χ3v) is 6.25. The SMILES string of the molecule is COc1ccc(CCC(C)NCC2(C=O)CCCc3c2ccc(OC)c3OC)cc1. The molecular formula is C25H33NO4. The summed E-state index contributed by atoms with van der Waals surface area (Å²) in [7, 11) is 4.99. The fourth-order valence-corrected chi connectivity index (χ4v) is 4.40. The second-order valence-corrected chi connectivity index (χ2v) is 8.12. The van der Waals surface area contributed by atoms with Crippen LogP contribution in [0.1, 0.15) is 42.9 Å². The van der Waals surface area contributed by atoms with Crippen molar-refractivity contribution in [3.05, 3.63) is 53.1 Å². The number of aryl methyl sites for hydroxylation is 1. The van der Waals surface area contributed by atoms with Crippen LogP contribution >= 0.6 is 0 Å². The van der Waals surface area contributed by atoms with E-state index in [9.17, 15) is 4.79 Å². The summed E-state index contributed by atoms with van der Waals surface area (Å²) < 4.78 is 16.3. The Morgan fingerprint density at radius 2 is 1.83 bits per heavy atom. The summed E-state index contributed by atoms with van der Waals surface area (Å²) >= 11 is 0. The molecule has 1 aliphatic carbocycles. The largest absolute Gasteiger partial charge is 0.497 e. The third-order valence-electron chi connectivity index (χ3n) is 6.25. The number of rotatable bonds is 10. The number of carbonyl (C=O) groups is 1. The first kappa shape index (κ1) is 22.2. The molecular weight excluding hydrogens is 378 g/mol. The number of fused-ring (bicyclic) bond motifs is 1. The molecule has 2 atom stereocenters. The van der Waals surface area contributed by atoms with Gasteiger partial charge in [-0.2, -0.15) is 0 Å². The maximum absolute atomic E-state index is 12.3. The van der Waals surface area contributed by atoms with Crippen LogP contribution in [0.5, 0.6) is 17.2 Å². The number of hydrogen-bond donors (Lipinski definition) is 1. The maximum atomic E-state index is 12.3. The summed E-state index contributed by atoms with van der Waals surface area (Å²) in [5.41, 5.74) is 2.93. The van der Waals surface area contributed by atoms with Crippen LogP contribution in [0.3, 0.4) is 0 Å². The number of hydrogen-bond acceptors (Lipinski definition) is 5. The average Bonchev–Trinajstić information content (AvgIpc) is 2.80. The molecule has 0 bridgehead atoms. The Kier molecular flexibility index (Phi) is 7.38. The van der Waals surface area contributed by atoms with E-state index in [1.807, 2.05) is 24.3 Å². The van der Waals surface area contributed by atoms with Crippen molar-refractivity contribution in [3.63, 3.8) is 0 Å². The van der Waals surface area contributed by atoms with Crippen LogP contribution < -0.4 is 19.5 Å². The monoisotopic (exact) mass is 411 g/mol. The van der Waals surface area contributed by atoms with E-state index in [0.29, 0.717) is 12.6 Å². The van der Waals surface area contributed by atoms with E-state index >= 15 is 0 Å². The van der Waals surface area contributed by atoms with Gasteiger partial charge in [0.2, 0.25) is 0 Å². The predicted octanol–water partition coefficient (Wildman–Crippen LogP) is 4.10. The van der Waals surface area contributed by atoms with Crippen molar-refractivity contribution in [2.24, 2.45) is 0 Å². The van der Waals surface area contributed by atoms with Gasteiger partial charge in [-0.15, -0.1) is 0 Å². The first-order chi connectivity index (χ1) is 14.6. The van der Waals surface area contributed by atoms with Crippen molar-refractivity contribution in [1.82, 2.24) is 5.32 Å². The summed E-state index contributed by atoms with van der Waals surface area (Å²) in [6, 6.07) is 12.5. The lowest BCUT2D eigenvalue weighted by molar-refractivity contribution is -0.113. The minimum absolute atomic E-state index is 0.300. The van der Waals surface area contributed by atoms with Crippen molar-refractivity contribution >= 4 is 6.29 Å². The number of aldehydes is 1. The normalized spacial score (nSPS) is 18.9. The standard InChI is InChI=1S/C25H33NO4/c1-18(7-8-19-9-11-20(28-2)12-10-19)26-16-25(17-27)15-5-6-21-22(25)13-14-23(29-3)24(21)30-4/h9-14,17-18,26H,5-8,15-16H2,1-4H3. The highest BCUT2D eigenvalue weighted by molar-refractivity contribution is 5.73. The number of ether oxygens (including phenoxy) is 3. The average molecular weight is 412 g/mol. The molecule has 0 saturated heterocycles. The van der Waals surface area contributed by atoms with Gasteiger partial charge in [0, 0.05) is 18.2 Å². The van der Waals surface area contributed by atoms with Crippen LogP contribution in [0.2, 0.25) is 0 Å². The van der Waals surface area contributed by atoms with E-state index in [4.69, 9.17) is 14.2 Å². The molecule has 5 nitrogen and oxygen atoms in total. The van der Waals surface area contributed by atoms with Crippen molar-refractivity contribution in [2.45, 2.75) is 50.5 Å². The number of methoxy groups -OCH3 is 3.